The van der Waals surface area contributed by atoms with Crippen molar-refractivity contribution in [3.63, 3.8) is 0 Å². The lowest BCUT2D eigenvalue weighted by molar-refractivity contribution is -0.124. The number of halogens is 3. The first-order valence-electron chi connectivity index (χ1n) is 6.72. The molecule has 1 aliphatic heterocycles. The number of piperidine rings is 1. The number of hydrogen-bond acceptors (Lipinski definition) is 3. The molecule has 1 fully saturated rings. The van der Waals surface area contributed by atoms with Crippen LogP contribution in [0.4, 0.5) is 8.78 Å². The normalized spacial score (nSPS) is 19.5. The number of rotatable bonds is 4. The van der Waals surface area contributed by atoms with E-state index in [4.69, 9.17) is 0 Å². The first-order valence-corrected chi connectivity index (χ1v) is 6.72. The maximum Gasteiger partial charge on any atom is 0.237 e. The van der Waals surface area contributed by atoms with E-state index in [2.05, 4.69) is 10.6 Å². The molecule has 1 amide bonds. The lowest BCUT2D eigenvalue weighted by atomic mass is 10.0. The van der Waals surface area contributed by atoms with Gasteiger partial charge in [-0.1, -0.05) is 12.5 Å². The van der Waals surface area contributed by atoms with Crippen LogP contribution in [0.3, 0.4) is 0 Å². The van der Waals surface area contributed by atoms with Gasteiger partial charge in [-0.05, 0) is 31.5 Å². The molecule has 1 aromatic rings. The van der Waals surface area contributed by atoms with Crippen molar-refractivity contribution in [2.75, 3.05) is 13.1 Å². The molecule has 7 heteroatoms. The lowest BCUT2D eigenvalue weighted by Gasteiger charge is -2.23. The number of carbonyl (C=O) groups is 1. The van der Waals surface area contributed by atoms with Gasteiger partial charge in [0.05, 0.1) is 11.6 Å². The van der Waals surface area contributed by atoms with Gasteiger partial charge in [0, 0.05) is 6.54 Å². The van der Waals surface area contributed by atoms with Crippen LogP contribution in [0.15, 0.2) is 18.2 Å². The average molecular weight is 321 g/mol. The van der Waals surface area contributed by atoms with Gasteiger partial charge in [0.2, 0.25) is 5.91 Å². The molecule has 4 nitrogen and oxygen atoms in total. The van der Waals surface area contributed by atoms with Crippen LogP contribution in [0.1, 0.15) is 30.9 Å². The first-order chi connectivity index (χ1) is 9.59. The number of benzene rings is 1. The topological polar surface area (TPSA) is 61.4 Å². The largest absolute Gasteiger partial charge is 0.386 e. The van der Waals surface area contributed by atoms with Crippen molar-refractivity contribution in [3.05, 3.63) is 35.4 Å². The molecule has 1 saturated heterocycles. The number of hydrogen-bond donors (Lipinski definition) is 3. The van der Waals surface area contributed by atoms with Gasteiger partial charge in [-0.25, -0.2) is 8.78 Å². The number of carbonyl (C=O) groups excluding carboxylic acids is 1. The zero-order valence-electron chi connectivity index (χ0n) is 11.4. The molecule has 2 unspecified atom stereocenters. The van der Waals surface area contributed by atoms with Crippen LogP contribution in [-0.2, 0) is 4.79 Å². The summed E-state index contributed by atoms with van der Waals surface area (Å²) in [6.07, 6.45) is 1.34. The van der Waals surface area contributed by atoms with Crippen LogP contribution < -0.4 is 10.6 Å². The SMILES string of the molecule is Cl.O=C(NCC(O)c1c(F)cccc1F)C1CCCCN1. The van der Waals surface area contributed by atoms with Gasteiger partial charge in [0.1, 0.15) is 17.7 Å². The summed E-state index contributed by atoms with van der Waals surface area (Å²) in [4.78, 5) is 11.8. The minimum absolute atomic E-state index is 0. The molecule has 0 radical (unpaired) electrons. The van der Waals surface area contributed by atoms with Crippen LogP contribution in [0.5, 0.6) is 0 Å². The molecule has 118 valence electrons. The minimum Gasteiger partial charge on any atom is -0.386 e. The average Bonchev–Trinajstić information content (AvgIpc) is 2.45. The molecule has 0 aliphatic carbocycles. The summed E-state index contributed by atoms with van der Waals surface area (Å²) in [6, 6.07) is 3.09. The smallest absolute Gasteiger partial charge is 0.237 e. The van der Waals surface area contributed by atoms with Crippen LogP contribution in [0, 0.1) is 11.6 Å². The molecule has 0 spiro atoms. The van der Waals surface area contributed by atoms with E-state index in [0.29, 0.717) is 0 Å². The Labute approximate surface area is 128 Å². The second kappa shape index (κ2) is 8.26. The predicted octanol–water partition coefficient (Wildman–Crippen LogP) is 1.68. The maximum atomic E-state index is 13.5. The highest BCUT2D eigenvalue weighted by Gasteiger charge is 2.23. The van der Waals surface area contributed by atoms with Crippen LogP contribution in [-0.4, -0.2) is 30.1 Å². The highest BCUT2D eigenvalue weighted by Crippen LogP contribution is 2.20. The fourth-order valence-corrected chi connectivity index (χ4v) is 2.33. The Bertz CT molecular complexity index is 462. The molecule has 0 saturated carbocycles. The molecule has 21 heavy (non-hydrogen) atoms. The number of aliphatic hydroxyl groups excluding tert-OH is 1. The van der Waals surface area contributed by atoms with Crippen molar-refractivity contribution >= 4 is 18.3 Å². The van der Waals surface area contributed by atoms with Crippen molar-refractivity contribution in [1.29, 1.82) is 0 Å². The van der Waals surface area contributed by atoms with Crippen molar-refractivity contribution in [1.82, 2.24) is 10.6 Å². The second-order valence-electron chi connectivity index (χ2n) is 4.90. The lowest BCUT2D eigenvalue weighted by Crippen LogP contribution is -2.47. The summed E-state index contributed by atoms with van der Waals surface area (Å²) in [6.45, 7) is 0.567. The second-order valence-corrected chi connectivity index (χ2v) is 4.90. The van der Waals surface area contributed by atoms with E-state index in [1.54, 1.807) is 0 Å². The Morgan fingerprint density at radius 1 is 1.38 bits per heavy atom. The predicted molar refractivity (Wildman–Crippen MR) is 77.2 cm³/mol. The van der Waals surface area contributed by atoms with Gasteiger partial charge in [0.25, 0.3) is 0 Å². The zero-order valence-corrected chi connectivity index (χ0v) is 12.3. The fraction of sp³-hybridized carbons (Fsp3) is 0.500. The summed E-state index contributed by atoms with van der Waals surface area (Å²) in [5.41, 5.74) is -0.413. The summed E-state index contributed by atoms with van der Waals surface area (Å²) in [5, 5.41) is 15.4. The summed E-state index contributed by atoms with van der Waals surface area (Å²) >= 11 is 0. The first kappa shape index (κ1) is 17.8. The van der Waals surface area contributed by atoms with E-state index in [1.807, 2.05) is 0 Å². The fourth-order valence-electron chi connectivity index (χ4n) is 2.33. The summed E-state index contributed by atoms with van der Waals surface area (Å²) < 4.78 is 26.9. The van der Waals surface area contributed by atoms with E-state index in [1.165, 1.54) is 6.07 Å². The Kier molecular flexibility index (Phi) is 7.01. The minimum atomic E-state index is -1.40. The number of aliphatic hydroxyl groups is 1. The molecule has 2 rings (SSSR count). The molecule has 0 aromatic heterocycles. The maximum absolute atomic E-state index is 13.5. The van der Waals surface area contributed by atoms with Crippen LogP contribution in [0.25, 0.3) is 0 Å². The summed E-state index contributed by atoms with van der Waals surface area (Å²) in [5.74, 6) is -1.88. The van der Waals surface area contributed by atoms with Gasteiger partial charge in [-0.3, -0.25) is 4.79 Å². The Morgan fingerprint density at radius 2 is 2.05 bits per heavy atom. The third-order valence-electron chi connectivity index (χ3n) is 3.43. The van der Waals surface area contributed by atoms with Gasteiger partial charge in [0.15, 0.2) is 0 Å². The van der Waals surface area contributed by atoms with Crippen molar-refractivity contribution in [3.8, 4) is 0 Å². The quantitative estimate of drug-likeness (QED) is 0.791. The van der Waals surface area contributed by atoms with Crippen LogP contribution in [0.2, 0.25) is 0 Å². The van der Waals surface area contributed by atoms with Gasteiger partial charge >= 0.3 is 0 Å². The number of amides is 1. The van der Waals surface area contributed by atoms with Gasteiger partial charge in [-0.2, -0.15) is 0 Å². The van der Waals surface area contributed by atoms with Crippen molar-refractivity contribution in [2.24, 2.45) is 0 Å². The molecule has 1 aliphatic rings. The standard InChI is InChI=1S/C14H18F2N2O2.ClH/c15-9-4-3-5-10(16)13(9)12(19)8-18-14(20)11-6-1-2-7-17-11;/h3-5,11-12,17,19H,1-2,6-8H2,(H,18,20);1H. The molecule has 1 aromatic carbocycles. The molecule has 0 bridgehead atoms. The third-order valence-corrected chi connectivity index (χ3v) is 3.43. The van der Waals surface area contributed by atoms with Crippen LogP contribution >= 0.6 is 12.4 Å². The zero-order chi connectivity index (χ0) is 14.5. The monoisotopic (exact) mass is 320 g/mol. The third kappa shape index (κ3) is 4.62. The Hall–Kier alpha value is -1.24. The summed E-state index contributed by atoms with van der Waals surface area (Å²) in [7, 11) is 0. The number of nitrogens with one attached hydrogen (secondary N) is 2. The van der Waals surface area contributed by atoms with E-state index in [9.17, 15) is 18.7 Å². The van der Waals surface area contributed by atoms with E-state index in [-0.39, 0.29) is 30.9 Å². The highest BCUT2D eigenvalue weighted by molar-refractivity contribution is 5.85. The molecule has 1 heterocycles. The van der Waals surface area contributed by atoms with E-state index in [0.717, 1.165) is 37.9 Å². The van der Waals surface area contributed by atoms with Gasteiger partial charge in [-0.15, -0.1) is 12.4 Å². The van der Waals surface area contributed by atoms with E-state index < -0.39 is 23.3 Å². The highest BCUT2D eigenvalue weighted by atomic mass is 35.5. The molecule has 3 N–H and O–H groups in total. The Morgan fingerprint density at radius 3 is 2.62 bits per heavy atom. The molecule has 2 atom stereocenters. The van der Waals surface area contributed by atoms with Gasteiger partial charge < -0.3 is 15.7 Å². The van der Waals surface area contributed by atoms with Crippen molar-refractivity contribution < 1.29 is 18.7 Å². The molecular weight excluding hydrogens is 302 g/mol. The van der Waals surface area contributed by atoms with E-state index >= 15 is 0 Å². The molecular formula is C14H19ClF2N2O2. The van der Waals surface area contributed by atoms with Crippen molar-refractivity contribution in [2.45, 2.75) is 31.4 Å². The Balaban J connectivity index is 0.00000220.